The van der Waals surface area contributed by atoms with Crippen LogP contribution in [0.15, 0.2) is 4.52 Å². The minimum absolute atomic E-state index is 0.0359. The topological polar surface area (TPSA) is 68.5 Å². The molecule has 6 heteroatoms. The van der Waals surface area contributed by atoms with Crippen LogP contribution in [-0.4, -0.2) is 40.6 Å². The molecule has 16 heavy (non-hydrogen) atoms. The number of rotatable bonds is 4. The minimum Gasteiger partial charge on any atom is -0.362 e. The summed E-state index contributed by atoms with van der Waals surface area (Å²) in [6.07, 6.45) is 2.18. The lowest BCUT2D eigenvalue weighted by Gasteiger charge is -2.14. The third kappa shape index (κ3) is 2.79. The van der Waals surface area contributed by atoms with Gasteiger partial charge in [-0.15, -0.1) is 0 Å². The standard InChI is InChI=1S/C10H15N3O3/c1-8-11-9(16-12-8)6-15-7-10(14)13-4-2-3-5-13/h2-7H2,1H3. The molecule has 0 aromatic carbocycles. The van der Waals surface area contributed by atoms with Crippen LogP contribution in [0, 0.1) is 6.92 Å². The van der Waals surface area contributed by atoms with Gasteiger partial charge in [0.1, 0.15) is 13.2 Å². The molecule has 1 aromatic heterocycles. The molecule has 2 heterocycles. The van der Waals surface area contributed by atoms with E-state index in [9.17, 15) is 4.79 Å². The van der Waals surface area contributed by atoms with Gasteiger partial charge in [0.15, 0.2) is 5.82 Å². The van der Waals surface area contributed by atoms with Crippen LogP contribution >= 0.6 is 0 Å². The van der Waals surface area contributed by atoms with E-state index in [2.05, 4.69) is 10.1 Å². The van der Waals surface area contributed by atoms with E-state index in [4.69, 9.17) is 9.26 Å². The van der Waals surface area contributed by atoms with E-state index in [0.29, 0.717) is 11.7 Å². The molecular formula is C10H15N3O3. The van der Waals surface area contributed by atoms with Gasteiger partial charge in [0, 0.05) is 13.1 Å². The van der Waals surface area contributed by atoms with E-state index in [1.165, 1.54) is 0 Å². The summed E-state index contributed by atoms with van der Waals surface area (Å²) in [7, 11) is 0. The third-order valence-electron chi connectivity index (χ3n) is 2.48. The maximum Gasteiger partial charge on any atom is 0.252 e. The van der Waals surface area contributed by atoms with Gasteiger partial charge >= 0.3 is 0 Å². The molecule has 1 amide bonds. The van der Waals surface area contributed by atoms with Gasteiger partial charge in [0.05, 0.1) is 0 Å². The van der Waals surface area contributed by atoms with Gasteiger partial charge in [-0.1, -0.05) is 5.16 Å². The van der Waals surface area contributed by atoms with Crippen molar-refractivity contribution in [2.45, 2.75) is 26.4 Å². The van der Waals surface area contributed by atoms with Gasteiger partial charge < -0.3 is 14.2 Å². The number of amides is 1. The van der Waals surface area contributed by atoms with Crippen LogP contribution in [-0.2, 0) is 16.1 Å². The molecule has 0 unspecified atom stereocenters. The van der Waals surface area contributed by atoms with Crippen molar-refractivity contribution < 1.29 is 14.1 Å². The summed E-state index contributed by atoms with van der Waals surface area (Å²) in [6, 6.07) is 0. The van der Waals surface area contributed by atoms with E-state index >= 15 is 0 Å². The molecule has 0 N–H and O–H groups in total. The molecule has 0 radical (unpaired) electrons. The number of aromatic nitrogens is 2. The molecular weight excluding hydrogens is 210 g/mol. The van der Waals surface area contributed by atoms with Crippen molar-refractivity contribution in [3.8, 4) is 0 Å². The first-order valence-corrected chi connectivity index (χ1v) is 5.40. The Morgan fingerprint density at radius 2 is 2.25 bits per heavy atom. The average molecular weight is 225 g/mol. The number of hydrogen-bond acceptors (Lipinski definition) is 5. The fourth-order valence-electron chi connectivity index (χ4n) is 1.68. The minimum atomic E-state index is 0.0359. The van der Waals surface area contributed by atoms with Crippen LogP contribution in [0.1, 0.15) is 24.6 Å². The number of carbonyl (C=O) groups excluding carboxylic acids is 1. The van der Waals surface area contributed by atoms with E-state index in [1.54, 1.807) is 6.92 Å². The van der Waals surface area contributed by atoms with Gasteiger partial charge in [0.25, 0.3) is 5.89 Å². The predicted octanol–water partition coefficient (Wildman–Crippen LogP) is 0.517. The molecule has 0 spiro atoms. The number of nitrogens with zero attached hydrogens (tertiary/aromatic N) is 3. The monoisotopic (exact) mass is 225 g/mol. The predicted molar refractivity (Wildman–Crippen MR) is 54.5 cm³/mol. The molecule has 1 aliphatic heterocycles. The van der Waals surface area contributed by atoms with Crippen LogP contribution in [0.25, 0.3) is 0 Å². The molecule has 2 rings (SSSR count). The second-order valence-electron chi connectivity index (χ2n) is 3.82. The highest BCUT2D eigenvalue weighted by atomic mass is 16.5. The SMILES string of the molecule is Cc1noc(COCC(=O)N2CCCC2)n1. The molecule has 0 atom stereocenters. The zero-order chi connectivity index (χ0) is 11.4. The number of carbonyl (C=O) groups is 1. The zero-order valence-corrected chi connectivity index (χ0v) is 9.31. The summed E-state index contributed by atoms with van der Waals surface area (Å²) in [5.41, 5.74) is 0. The first-order valence-electron chi connectivity index (χ1n) is 5.40. The Balaban J connectivity index is 1.69. The Hall–Kier alpha value is -1.43. The fraction of sp³-hybridized carbons (Fsp3) is 0.700. The first-order chi connectivity index (χ1) is 7.75. The third-order valence-corrected chi connectivity index (χ3v) is 2.48. The van der Waals surface area contributed by atoms with Crippen molar-refractivity contribution in [3.05, 3.63) is 11.7 Å². The molecule has 1 saturated heterocycles. The van der Waals surface area contributed by atoms with Gasteiger partial charge in [0.2, 0.25) is 5.91 Å². The maximum absolute atomic E-state index is 11.6. The first kappa shape index (κ1) is 11.1. The van der Waals surface area contributed by atoms with Crippen molar-refractivity contribution in [2.24, 2.45) is 0 Å². The van der Waals surface area contributed by atoms with E-state index < -0.39 is 0 Å². The quantitative estimate of drug-likeness (QED) is 0.747. The Morgan fingerprint density at radius 1 is 1.50 bits per heavy atom. The Labute approximate surface area is 93.6 Å². The second-order valence-corrected chi connectivity index (χ2v) is 3.82. The molecule has 0 saturated carbocycles. The lowest BCUT2D eigenvalue weighted by Crippen LogP contribution is -2.31. The van der Waals surface area contributed by atoms with Crippen molar-refractivity contribution in [2.75, 3.05) is 19.7 Å². The number of likely N-dealkylation sites (tertiary alicyclic amines) is 1. The highest BCUT2D eigenvalue weighted by molar-refractivity contribution is 5.77. The lowest BCUT2D eigenvalue weighted by atomic mass is 10.4. The van der Waals surface area contributed by atoms with Gasteiger partial charge in [-0.2, -0.15) is 4.98 Å². The number of ether oxygens (including phenoxy) is 1. The molecule has 1 fully saturated rings. The van der Waals surface area contributed by atoms with Crippen LogP contribution < -0.4 is 0 Å². The van der Waals surface area contributed by atoms with Crippen LogP contribution in [0.5, 0.6) is 0 Å². The number of aryl methyl sites for hydroxylation is 1. The molecule has 6 nitrogen and oxygen atoms in total. The average Bonchev–Trinajstić information content (AvgIpc) is 2.89. The largest absolute Gasteiger partial charge is 0.362 e. The van der Waals surface area contributed by atoms with Crippen LogP contribution in [0.4, 0.5) is 0 Å². The molecule has 1 aromatic rings. The van der Waals surface area contributed by atoms with Crippen molar-refractivity contribution >= 4 is 5.91 Å². The van der Waals surface area contributed by atoms with Crippen molar-refractivity contribution in [1.29, 1.82) is 0 Å². The zero-order valence-electron chi connectivity index (χ0n) is 9.31. The van der Waals surface area contributed by atoms with E-state index in [0.717, 1.165) is 25.9 Å². The number of hydrogen-bond donors (Lipinski definition) is 0. The highest BCUT2D eigenvalue weighted by Gasteiger charge is 2.17. The summed E-state index contributed by atoms with van der Waals surface area (Å²) in [5, 5.41) is 3.63. The summed E-state index contributed by atoms with van der Waals surface area (Å²) in [4.78, 5) is 17.4. The molecule has 0 bridgehead atoms. The summed E-state index contributed by atoms with van der Waals surface area (Å²) in [6.45, 7) is 3.72. The van der Waals surface area contributed by atoms with Gasteiger partial charge in [-0.3, -0.25) is 4.79 Å². The Morgan fingerprint density at radius 3 is 2.88 bits per heavy atom. The smallest absolute Gasteiger partial charge is 0.252 e. The normalized spacial score (nSPS) is 15.7. The van der Waals surface area contributed by atoms with Crippen LogP contribution in [0.2, 0.25) is 0 Å². The van der Waals surface area contributed by atoms with E-state index in [-0.39, 0.29) is 19.1 Å². The Kier molecular flexibility index (Phi) is 3.51. The van der Waals surface area contributed by atoms with Crippen molar-refractivity contribution in [1.82, 2.24) is 15.0 Å². The van der Waals surface area contributed by atoms with Crippen molar-refractivity contribution in [3.63, 3.8) is 0 Å². The summed E-state index contributed by atoms with van der Waals surface area (Å²) >= 11 is 0. The fourth-order valence-corrected chi connectivity index (χ4v) is 1.68. The van der Waals surface area contributed by atoms with Crippen LogP contribution in [0.3, 0.4) is 0 Å². The molecule has 88 valence electrons. The second kappa shape index (κ2) is 5.07. The van der Waals surface area contributed by atoms with E-state index in [1.807, 2.05) is 4.90 Å². The summed E-state index contributed by atoms with van der Waals surface area (Å²) in [5.74, 6) is 1.02. The maximum atomic E-state index is 11.6. The Bertz CT molecular complexity index is 358. The van der Waals surface area contributed by atoms with Gasteiger partial charge in [-0.05, 0) is 19.8 Å². The van der Waals surface area contributed by atoms with Gasteiger partial charge in [-0.25, -0.2) is 0 Å². The summed E-state index contributed by atoms with van der Waals surface area (Å²) < 4.78 is 10.1. The lowest BCUT2D eigenvalue weighted by molar-refractivity contribution is -0.135. The molecule has 1 aliphatic rings. The highest BCUT2D eigenvalue weighted by Crippen LogP contribution is 2.07. The molecule has 0 aliphatic carbocycles.